The second-order valence-corrected chi connectivity index (χ2v) is 3.88. The molecule has 0 aliphatic heterocycles. The molecule has 1 saturated carbocycles. The van der Waals surface area contributed by atoms with Crippen molar-refractivity contribution in [1.29, 1.82) is 0 Å². The summed E-state index contributed by atoms with van der Waals surface area (Å²) in [4.78, 5) is 0. The molecule has 1 aliphatic carbocycles. The van der Waals surface area contributed by atoms with Gasteiger partial charge in [-0.1, -0.05) is 12.1 Å². The van der Waals surface area contributed by atoms with E-state index in [-0.39, 0.29) is 0 Å². The van der Waals surface area contributed by atoms with Gasteiger partial charge in [-0.25, -0.2) is 0 Å². The van der Waals surface area contributed by atoms with Crippen LogP contribution in [0.1, 0.15) is 18.9 Å². The van der Waals surface area contributed by atoms with Crippen LogP contribution in [0.4, 0.5) is 5.69 Å². The van der Waals surface area contributed by atoms with Gasteiger partial charge in [-0.15, -0.1) is 10.2 Å². The first kappa shape index (κ1) is 8.47. The average molecular weight is 200 g/mol. The van der Waals surface area contributed by atoms with Gasteiger partial charge in [0.1, 0.15) is 6.33 Å². The van der Waals surface area contributed by atoms with Crippen molar-refractivity contribution >= 4 is 5.69 Å². The second kappa shape index (κ2) is 3.08. The molecule has 15 heavy (non-hydrogen) atoms. The molecular formula is C11H12N4. The molecule has 2 aromatic rings. The maximum absolute atomic E-state index is 5.92. The van der Waals surface area contributed by atoms with Gasteiger partial charge in [-0.2, -0.15) is 0 Å². The number of hydrogen-bond donors (Lipinski definition) is 1. The Balaban J connectivity index is 2.12. The van der Waals surface area contributed by atoms with Gasteiger partial charge in [0.2, 0.25) is 0 Å². The number of rotatable bonds is 2. The predicted octanol–water partition coefficient (Wildman–Crippen LogP) is 1.86. The van der Waals surface area contributed by atoms with Crippen molar-refractivity contribution in [2.24, 2.45) is 0 Å². The molecule has 76 valence electrons. The number of nitrogens with zero attached hydrogens (tertiary/aromatic N) is 3. The van der Waals surface area contributed by atoms with Crippen LogP contribution in [0.5, 0.6) is 0 Å². The highest BCUT2D eigenvalue weighted by Gasteiger charge is 2.26. The lowest BCUT2D eigenvalue weighted by atomic mass is 10.1. The fourth-order valence-corrected chi connectivity index (χ4v) is 1.76. The van der Waals surface area contributed by atoms with Crippen molar-refractivity contribution in [2.45, 2.75) is 18.9 Å². The normalized spacial score (nSPS) is 15.5. The molecule has 0 spiro atoms. The van der Waals surface area contributed by atoms with E-state index in [1.807, 2.05) is 24.3 Å². The summed E-state index contributed by atoms with van der Waals surface area (Å²) in [6.07, 6.45) is 4.23. The first-order valence-electron chi connectivity index (χ1n) is 5.10. The minimum absolute atomic E-state index is 0.578. The quantitative estimate of drug-likeness (QED) is 0.753. The Kier molecular flexibility index (Phi) is 1.74. The van der Waals surface area contributed by atoms with Crippen molar-refractivity contribution in [3.63, 3.8) is 0 Å². The minimum atomic E-state index is 0.578. The van der Waals surface area contributed by atoms with E-state index in [1.54, 1.807) is 6.33 Å². The molecule has 0 bridgehead atoms. The highest BCUT2D eigenvalue weighted by molar-refractivity contribution is 5.71. The van der Waals surface area contributed by atoms with Crippen molar-refractivity contribution in [1.82, 2.24) is 14.8 Å². The highest BCUT2D eigenvalue weighted by Crippen LogP contribution is 2.38. The third-order valence-corrected chi connectivity index (χ3v) is 2.72. The second-order valence-electron chi connectivity index (χ2n) is 3.88. The molecule has 2 N–H and O–H groups in total. The van der Waals surface area contributed by atoms with Crippen molar-refractivity contribution in [2.75, 3.05) is 5.73 Å². The lowest BCUT2D eigenvalue weighted by molar-refractivity contribution is 0.746. The van der Waals surface area contributed by atoms with Gasteiger partial charge in [-0.3, -0.25) is 0 Å². The van der Waals surface area contributed by atoms with Crippen LogP contribution in [0.25, 0.3) is 11.4 Å². The van der Waals surface area contributed by atoms with E-state index in [0.29, 0.717) is 6.04 Å². The smallest absolute Gasteiger partial charge is 0.166 e. The first-order valence-corrected chi connectivity index (χ1v) is 5.10. The summed E-state index contributed by atoms with van der Waals surface area (Å²) in [6, 6.07) is 8.35. The molecule has 1 aromatic heterocycles. The zero-order valence-electron chi connectivity index (χ0n) is 8.30. The Morgan fingerprint density at radius 2 is 2.07 bits per heavy atom. The number of hydrogen-bond acceptors (Lipinski definition) is 3. The topological polar surface area (TPSA) is 56.7 Å². The van der Waals surface area contributed by atoms with Crippen molar-refractivity contribution < 1.29 is 0 Å². The molecule has 0 saturated heterocycles. The summed E-state index contributed by atoms with van der Waals surface area (Å²) in [5, 5.41) is 8.10. The van der Waals surface area contributed by atoms with E-state index >= 15 is 0 Å². The van der Waals surface area contributed by atoms with Gasteiger partial charge in [0.05, 0.1) is 0 Å². The molecule has 1 fully saturated rings. The highest BCUT2D eigenvalue weighted by atomic mass is 15.3. The maximum atomic E-state index is 5.92. The van der Waals surface area contributed by atoms with Crippen LogP contribution in [0, 0.1) is 0 Å². The molecule has 3 rings (SSSR count). The van der Waals surface area contributed by atoms with Crippen LogP contribution in [0.15, 0.2) is 30.6 Å². The van der Waals surface area contributed by atoms with E-state index in [1.165, 1.54) is 12.8 Å². The molecule has 0 atom stereocenters. The Bertz CT molecular complexity index is 485. The van der Waals surface area contributed by atoms with Gasteiger partial charge < -0.3 is 10.3 Å². The number of nitrogens with two attached hydrogens (primary N) is 1. The molecule has 0 radical (unpaired) electrons. The van der Waals surface area contributed by atoms with E-state index in [2.05, 4.69) is 14.8 Å². The summed E-state index contributed by atoms with van der Waals surface area (Å²) in [6.45, 7) is 0. The summed E-state index contributed by atoms with van der Waals surface area (Å²) >= 11 is 0. The van der Waals surface area contributed by atoms with Crippen molar-refractivity contribution in [3.8, 4) is 11.4 Å². The Morgan fingerprint density at radius 1 is 1.27 bits per heavy atom. The number of para-hydroxylation sites is 1. The van der Waals surface area contributed by atoms with Gasteiger partial charge in [0.25, 0.3) is 0 Å². The Labute approximate surface area is 87.7 Å². The summed E-state index contributed by atoms with van der Waals surface area (Å²) in [7, 11) is 0. The first-order chi connectivity index (χ1) is 7.36. The summed E-state index contributed by atoms with van der Waals surface area (Å²) in [5.74, 6) is 0.885. The van der Waals surface area contributed by atoms with Crippen LogP contribution in [-0.2, 0) is 0 Å². The summed E-state index contributed by atoms with van der Waals surface area (Å²) < 4.78 is 2.12. The monoisotopic (exact) mass is 200 g/mol. The van der Waals surface area contributed by atoms with Gasteiger partial charge in [0.15, 0.2) is 5.82 Å². The van der Waals surface area contributed by atoms with Crippen LogP contribution in [-0.4, -0.2) is 14.8 Å². The maximum Gasteiger partial charge on any atom is 0.166 e. The number of nitrogen functional groups attached to an aromatic ring is 1. The SMILES string of the molecule is Nc1ccccc1-c1nncn1C1CC1. The average Bonchev–Trinajstić information content (AvgIpc) is 2.98. The third kappa shape index (κ3) is 1.38. The van der Waals surface area contributed by atoms with Gasteiger partial charge in [-0.05, 0) is 25.0 Å². The number of anilines is 1. The van der Waals surface area contributed by atoms with Crippen LogP contribution in [0.3, 0.4) is 0 Å². The van der Waals surface area contributed by atoms with E-state index < -0.39 is 0 Å². The van der Waals surface area contributed by atoms with Gasteiger partial charge >= 0.3 is 0 Å². The standard InChI is InChI=1S/C11H12N4/c12-10-4-2-1-3-9(10)11-14-13-7-15(11)8-5-6-8/h1-4,7-8H,5-6,12H2. The fraction of sp³-hybridized carbons (Fsp3) is 0.273. The molecule has 0 unspecified atom stereocenters. The molecule has 4 nitrogen and oxygen atoms in total. The summed E-state index contributed by atoms with van der Waals surface area (Å²) in [5.41, 5.74) is 7.65. The molecule has 1 heterocycles. The Hall–Kier alpha value is -1.84. The zero-order valence-corrected chi connectivity index (χ0v) is 8.30. The van der Waals surface area contributed by atoms with E-state index in [4.69, 9.17) is 5.73 Å². The number of aromatic nitrogens is 3. The van der Waals surface area contributed by atoms with E-state index in [9.17, 15) is 0 Å². The molecule has 0 amide bonds. The molecule has 1 aliphatic rings. The molecule has 4 heteroatoms. The van der Waals surface area contributed by atoms with Gasteiger partial charge in [0, 0.05) is 17.3 Å². The van der Waals surface area contributed by atoms with Crippen LogP contribution >= 0.6 is 0 Å². The minimum Gasteiger partial charge on any atom is -0.398 e. The lowest BCUT2D eigenvalue weighted by Gasteiger charge is -2.06. The predicted molar refractivity (Wildman–Crippen MR) is 58.1 cm³/mol. The zero-order chi connectivity index (χ0) is 10.3. The van der Waals surface area contributed by atoms with Crippen LogP contribution < -0.4 is 5.73 Å². The third-order valence-electron chi connectivity index (χ3n) is 2.72. The van der Waals surface area contributed by atoms with Crippen molar-refractivity contribution in [3.05, 3.63) is 30.6 Å². The number of benzene rings is 1. The van der Waals surface area contributed by atoms with Crippen LogP contribution in [0.2, 0.25) is 0 Å². The van der Waals surface area contributed by atoms with E-state index in [0.717, 1.165) is 17.1 Å². The fourth-order valence-electron chi connectivity index (χ4n) is 1.76. The Morgan fingerprint density at radius 3 is 2.80 bits per heavy atom. The largest absolute Gasteiger partial charge is 0.398 e. The molecule has 1 aromatic carbocycles. The molecular weight excluding hydrogens is 188 g/mol. The lowest BCUT2D eigenvalue weighted by Crippen LogP contribution is -1.98.